The number of hydrogen-bond acceptors (Lipinski definition) is 7. The van der Waals surface area contributed by atoms with Gasteiger partial charge in [-0.2, -0.15) is 0 Å². The second-order valence-electron chi connectivity index (χ2n) is 12.9. The van der Waals surface area contributed by atoms with Crippen molar-refractivity contribution < 1.29 is 28.2 Å². The Morgan fingerprint density at radius 2 is 1.77 bits per heavy atom. The molecule has 5 N–H and O–H groups in total. The van der Waals surface area contributed by atoms with Crippen molar-refractivity contribution in [2.75, 3.05) is 43.3 Å². The van der Waals surface area contributed by atoms with Crippen LogP contribution in [0.15, 0.2) is 54.7 Å². The van der Waals surface area contributed by atoms with Gasteiger partial charge in [-0.15, -0.1) is 0 Å². The third-order valence-electron chi connectivity index (χ3n) is 8.98. The van der Waals surface area contributed by atoms with Crippen LogP contribution in [0, 0.1) is 0 Å². The van der Waals surface area contributed by atoms with Gasteiger partial charge in [0.15, 0.2) is 0 Å². The Balaban J connectivity index is 1.33. The Bertz CT molecular complexity index is 1610. The molecule has 2 aromatic carbocycles. The number of piperidine rings is 1. The smallest absolute Gasteiger partial charge is 0.245 e. The predicted octanol–water partition coefficient (Wildman–Crippen LogP) is 1.65. The van der Waals surface area contributed by atoms with E-state index in [9.17, 15) is 23.1 Å². The number of sulfonamides is 1. The normalized spacial score (nSPS) is 17.9. The first-order chi connectivity index (χ1) is 20.8. The molecule has 0 bridgehead atoms. The Morgan fingerprint density at radius 3 is 2.48 bits per heavy atom. The number of nitrogens with zero attached hydrogens (tertiary/aromatic N) is 2. The minimum absolute atomic E-state index is 0.0596. The van der Waals surface area contributed by atoms with Gasteiger partial charge < -0.3 is 30.7 Å². The maximum atomic E-state index is 14.1. The lowest BCUT2D eigenvalue weighted by atomic mass is 9.74. The van der Waals surface area contributed by atoms with Gasteiger partial charge in [-0.3, -0.25) is 13.9 Å². The second-order valence-corrected chi connectivity index (χ2v) is 14.8. The zero-order valence-corrected chi connectivity index (χ0v) is 26.4. The molecule has 12 heteroatoms. The molecule has 1 aromatic heterocycles. The topological polar surface area (TPSA) is 155 Å². The van der Waals surface area contributed by atoms with Gasteiger partial charge in [-0.1, -0.05) is 36.4 Å². The van der Waals surface area contributed by atoms with Gasteiger partial charge >= 0.3 is 0 Å². The fraction of sp³-hybridized carbons (Fsp3) is 0.500. The van der Waals surface area contributed by atoms with Gasteiger partial charge in [0.25, 0.3) is 0 Å². The average Bonchev–Trinajstić information content (AvgIpc) is 3.55. The summed E-state index contributed by atoms with van der Waals surface area (Å²) in [6, 6.07) is 14.6. The zero-order valence-electron chi connectivity index (χ0n) is 25.5. The van der Waals surface area contributed by atoms with Crippen molar-refractivity contribution >= 4 is 38.4 Å². The van der Waals surface area contributed by atoms with Gasteiger partial charge in [-0.25, -0.2) is 8.42 Å². The number of aromatic nitrogens is 1. The molecule has 0 saturated carbocycles. The quantitative estimate of drug-likeness (QED) is 0.217. The summed E-state index contributed by atoms with van der Waals surface area (Å²) < 4.78 is 26.7. The minimum atomic E-state index is -3.45. The lowest BCUT2D eigenvalue weighted by molar-refractivity contribution is -0.138. The number of carbonyl (C=O) groups excluding carboxylic acids is 2. The van der Waals surface area contributed by atoms with Crippen molar-refractivity contribution in [2.24, 2.45) is 0 Å². The molecule has 1 spiro atoms. The summed E-state index contributed by atoms with van der Waals surface area (Å²) >= 11 is 0. The van der Waals surface area contributed by atoms with E-state index in [1.807, 2.05) is 68.6 Å². The number of likely N-dealkylation sites (tertiary alicyclic amines) is 1. The number of para-hydroxylation sites is 2. The molecular weight excluding hydrogens is 582 g/mol. The number of anilines is 1. The number of nitrogens with one attached hydrogen (secondary N) is 3. The number of β-amino-alcohol motifs (C(OH)–C–C–N with tert-alkyl or cyclic N) is 1. The Hall–Kier alpha value is -3.45. The number of aliphatic hydroxyl groups excluding tert-OH is 2. The molecule has 3 heterocycles. The highest BCUT2D eigenvalue weighted by molar-refractivity contribution is 7.92. The summed E-state index contributed by atoms with van der Waals surface area (Å²) in [4.78, 5) is 32.5. The third kappa shape index (κ3) is 6.78. The van der Waals surface area contributed by atoms with Gasteiger partial charge in [0, 0.05) is 67.1 Å². The number of H-pyrrole nitrogens is 1. The predicted molar refractivity (Wildman–Crippen MR) is 170 cm³/mol. The maximum Gasteiger partial charge on any atom is 0.245 e. The number of rotatable bonds is 11. The molecule has 238 valence electrons. The van der Waals surface area contributed by atoms with Crippen LogP contribution in [0.1, 0.15) is 44.2 Å². The van der Waals surface area contributed by atoms with Crippen LogP contribution in [0.25, 0.3) is 10.9 Å². The van der Waals surface area contributed by atoms with Crippen molar-refractivity contribution in [3.05, 3.63) is 65.9 Å². The molecule has 2 atom stereocenters. The molecule has 0 aliphatic carbocycles. The number of fused-ring (bicyclic) bond motifs is 3. The molecule has 2 aliphatic rings. The summed E-state index contributed by atoms with van der Waals surface area (Å²) in [5, 5.41) is 26.0. The molecule has 1 saturated heterocycles. The van der Waals surface area contributed by atoms with E-state index in [-0.39, 0.29) is 36.8 Å². The fourth-order valence-corrected chi connectivity index (χ4v) is 7.57. The minimum Gasteiger partial charge on any atom is -0.394 e. The maximum absolute atomic E-state index is 14.1. The first kappa shape index (κ1) is 32.0. The molecular formula is C32H43N5O6S. The Morgan fingerprint density at radius 1 is 1.09 bits per heavy atom. The summed E-state index contributed by atoms with van der Waals surface area (Å²) in [6.45, 7) is 4.65. The van der Waals surface area contributed by atoms with Gasteiger partial charge in [0.05, 0.1) is 24.7 Å². The summed E-state index contributed by atoms with van der Waals surface area (Å²) in [6.07, 6.45) is 3.75. The fourth-order valence-electron chi connectivity index (χ4n) is 6.57. The van der Waals surface area contributed by atoms with Crippen molar-refractivity contribution in [1.29, 1.82) is 0 Å². The first-order valence-electron chi connectivity index (χ1n) is 15.1. The summed E-state index contributed by atoms with van der Waals surface area (Å²) in [5.74, 6) is -0.479. The van der Waals surface area contributed by atoms with E-state index in [0.717, 1.165) is 22.0 Å². The van der Waals surface area contributed by atoms with Crippen LogP contribution < -0.4 is 14.9 Å². The van der Waals surface area contributed by atoms with Crippen LogP contribution >= 0.6 is 0 Å². The van der Waals surface area contributed by atoms with Crippen molar-refractivity contribution in [2.45, 2.75) is 62.6 Å². The summed E-state index contributed by atoms with van der Waals surface area (Å²) in [7, 11) is -3.45. The van der Waals surface area contributed by atoms with E-state index in [2.05, 4.69) is 15.6 Å². The monoisotopic (exact) mass is 625 g/mol. The van der Waals surface area contributed by atoms with E-state index in [0.29, 0.717) is 44.6 Å². The number of amides is 2. The summed E-state index contributed by atoms with van der Waals surface area (Å²) in [5.41, 5.74) is 2.52. The van der Waals surface area contributed by atoms with Crippen LogP contribution in [-0.4, -0.2) is 97.1 Å². The zero-order chi connectivity index (χ0) is 31.7. The first-order valence-corrected chi connectivity index (χ1v) is 16.9. The largest absolute Gasteiger partial charge is 0.394 e. The highest BCUT2D eigenvalue weighted by Crippen LogP contribution is 2.47. The van der Waals surface area contributed by atoms with Crippen LogP contribution in [0.5, 0.6) is 0 Å². The van der Waals surface area contributed by atoms with Gasteiger partial charge in [-0.05, 0) is 49.9 Å². The molecule has 2 aliphatic heterocycles. The van der Waals surface area contributed by atoms with Crippen molar-refractivity contribution in [1.82, 2.24) is 20.5 Å². The highest BCUT2D eigenvalue weighted by atomic mass is 32.2. The third-order valence-corrected chi connectivity index (χ3v) is 10.1. The molecule has 2 amide bonds. The lowest BCUT2D eigenvalue weighted by Gasteiger charge is -2.41. The van der Waals surface area contributed by atoms with Crippen LogP contribution in [-0.2, 0) is 31.4 Å². The molecule has 11 nitrogen and oxygen atoms in total. The van der Waals surface area contributed by atoms with E-state index in [1.54, 1.807) is 4.90 Å². The molecule has 0 unspecified atom stereocenters. The van der Waals surface area contributed by atoms with Gasteiger partial charge in [0.1, 0.15) is 6.04 Å². The number of benzene rings is 2. The number of aliphatic hydroxyl groups is 2. The van der Waals surface area contributed by atoms with E-state index in [4.69, 9.17) is 5.11 Å². The number of carbonyl (C=O) groups is 2. The van der Waals surface area contributed by atoms with Crippen molar-refractivity contribution in [3.8, 4) is 0 Å². The lowest BCUT2D eigenvalue weighted by Crippen LogP contribution is -2.55. The van der Waals surface area contributed by atoms with E-state index in [1.165, 1.54) is 10.6 Å². The van der Waals surface area contributed by atoms with E-state index < -0.39 is 27.7 Å². The van der Waals surface area contributed by atoms with Crippen LogP contribution in [0.3, 0.4) is 0 Å². The Kier molecular flexibility index (Phi) is 9.08. The van der Waals surface area contributed by atoms with Gasteiger partial charge in [0.2, 0.25) is 21.8 Å². The molecule has 44 heavy (non-hydrogen) atoms. The molecule has 3 aromatic rings. The standard InChI is InChI=1S/C32H43N5O6S/c1-31(2,34-19-23(39)20-38)17-29(40)35-27(16-22-18-33-26-10-6-4-8-24(22)26)30(41)36-14-12-32(13-15-36)21-37(44(3,42)43)28-11-7-5-9-25(28)32/h4-11,18,23,27,33-34,38-39H,12-17,19-21H2,1-3H3,(H,35,40)/t23-,27-/m1/s1. The van der Waals surface area contributed by atoms with Crippen LogP contribution in [0.2, 0.25) is 0 Å². The molecule has 0 radical (unpaired) electrons. The molecule has 5 rings (SSSR count). The van der Waals surface area contributed by atoms with E-state index >= 15 is 0 Å². The average molecular weight is 626 g/mol. The number of aromatic amines is 1. The SMILES string of the molecule is CC(C)(CC(=O)N[C@H](Cc1c[nH]c2ccccc12)C(=O)N1CCC2(CC1)CN(S(C)(=O)=O)c1ccccc12)NC[C@@H](O)CO. The van der Waals surface area contributed by atoms with Crippen molar-refractivity contribution in [3.63, 3.8) is 0 Å². The second kappa shape index (κ2) is 12.5. The Labute approximate surface area is 258 Å². The molecule has 1 fully saturated rings. The number of hydrogen-bond donors (Lipinski definition) is 5. The highest BCUT2D eigenvalue weighted by Gasteiger charge is 2.48. The van der Waals surface area contributed by atoms with Crippen LogP contribution in [0.4, 0.5) is 5.69 Å².